The van der Waals surface area contributed by atoms with Crippen molar-refractivity contribution in [3.8, 4) is 17.2 Å². The molecule has 0 amide bonds. The van der Waals surface area contributed by atoms with E-state index in [9.17, 15) is 15.3 Å². The molecular weight excluding hydrogens is 348 g/mol. The zero-order valence-corrected chi connectivity index (χ0v) is 16.0. The van der Waals surface area contributed by atoms with Crippen molar-refractivity contribution in [2.45, 2.75) is 31.6 Å². The lowest BCUT2D eigenvalue weighted by molar-refractivity contribution is 0.471. The summed E-state index contributed by atoms with van der Waals surface area (Å²) >= 11 is 0. The molecule has 0 aliphatic carbocycles. The Kier molecular flexibility index (Phi) is 6.05. The number of allylic oxidation sites excluding steroid dienone is 1. The van der Waals surface area contributed by atoms with E-state index in [-0.39, 0.29) is 29.1 Å². The van der Waals surface area contributed by atoms with Crippen LogP contribution in [0.15, 0.2) is 79.4 Å². The van der Waals surface area contributed by atoms with Crippen molar-refractivity contribution in [1.82, 2.24) is 0 Å². The van der Waals surface area contributed by atoms with E-state index >= 15 is 0 Å². The van der Waals surface area contributed by atoms with Crippen molar-refractivity contribution >= 4 is 5.57 Å². The minimum absolute atomic E-state index is 0.138. The van der Waals surface area contributed by atoms with Crippen molar-refractivity contribution in [3.63, 3.8) is 0 Å². The number of benzene rings is 3. The summed E-state index contributed by atoms with van der Waals surface area (Å²) in [7, 11) is 0. The standard InChI is InChI=1S/C25H26O3/c1-17(19-6-3-9-23(26)14-19)12-22(21-8-5-11-25(28)16-21)13-18(2)20-7-4-10-24(27)15-20/h3-11,14-16,18,22,26-28H,1,12-13H2,2H3. The van der Waals surface area contributed by atoms with Crippen molar-refractivity contribution in [3.05, 3.63) is 96.1 Å². The molecule has 144 valence electrons. The number of rotatable bonds is 7. The number of hydrogen-bond donors (Lipinski definition) is 3. The molecule has 0 aromatic heterocycles. The molecule has 0 heterocycles. The van der Waals surface area contributed by atoms with Crippen LogP contribution in [0.4, 0.5) is 0 Å². The van der Waals surface area contributed by atoms with Gasteiger partial charge in [0.1, 0.15) is 17.2 Å². The largest absolute Gasteiger partial charge is 0.508 e. The monoisotopic (exact) mass is 374 g/mol. The summed E-state index contributed by atoms with van der Waals surface area (Å²) in [6.45, 7) is 6.37. The minimum atomic E-state index is 0.138. The summed E-state index contributed by atoms with van der Waals surface area (Å²) in [5.74, 6) is 1.09. The molecule has 3 aromatic rings. The van der Waals surface area contributed by atoms with Crippen LogP contribution in [0.1, 0.15) is 48.3 Å². The average Bonchev–Trinajstić information content (AvgIpc) is 2.67. The summed E-state index contributed by atoms with van der Waals surface area (Å²) in [5.41, 5.74) is 3.98. The second-order valence-corrected chi connectivity index (χ2v) is 7.38. The van der Waals surface area contributed by atoms with E-state index in [4.69, 9.17) is 0 Å². The molecular formula is C25H26O3. The molecule has 28 heavy (non-hydrogen) atoms. The highest BCUT2D eigenvalue weighted by atomic mass is 16.3. The molecule has 3 N–H and O–H groups in total. The molecule has 0 spiro atoms. The Balaban J connectivity index is 1.86. The molecule has 0 saturated heterocycles. The number of aromatic hydroxyl groups is 3. The first-order valence-corrected chi connectivity index (χ1v) is 9.47. The summed E-state index contributed by atoms with van der Waals surface area (Å²) in [6.07, 6.45) is 1.54. The zero-order valence-electron chi connectivity index (χ0n) is 16.0. The van der Waals surface area contributed by atoms with E-state index in [1.54, 1.807) is 36.4 Å². The van der Waals surface area contributed by atoms with Crippen molar-refractivity contribution in [2.75, 3.05) is 0 Å². The molecule has 0 aliphatic rings. The summed E-state index contributed by atoms with van der Waals surface area (Å²) in [6, 6.07) is 21.8. The van der Waals surface area contributed by atoms with Crippen molar-refractivity contribution < 1.29 is 15.3 Å². The molecule has 2 unspecified atom stereocenters. The highest BCUT2D eigenvalue weighted by Crippen LogP contribution is 2.38. The smallest absolute Gasteiger partial charge is 0.116 e. The molecule has 0 radical (unpaired) electrons. The second-order valence-electron chi connectivity index (χ2n) is 7.38. The lowest BCUT2D eigenvalue weighted by Gasteiger charge is -2.23. The van der Waals surface area contributed by atoms with Gasteiger partial charge in [0.2, 0.25) is 0 Å². The molecule has 0 bridgehead atoms. The minimum Gasteiger partial charge on any atom is -0.508 e. The van der Waals surface area contributed by atoms with Gasteiger partial charge in [-0.25, -0.2) is 0 Å². The SMILES string of the molecule is C=C(CC(CC(C)c1cccc(O)c1)c1cccc(O)c1)c1cccc(O)c1. The summed E-state index contributed by atoms with van der Waals surface area (Å²) in [4.78, 5) is 0. The van der Waals surface area contributed by atoms with Gasteiger partial charge in [-0.2, -0.15) is 0 Å². The van der Waals surface area contributed by atoms with Gasteiger partial charge in [0.25, 0.3) is 0 Å². The van der Waals surface area contributed by atoms with E-state index in [1.807, 2.05) is 36.4 Å². The quantitative estimate of drug-likeness (QED) is 0.462. The Morgan fingerprint density at radius 3 is 1.93 bits per heavy atom. The number of hydrogen-bond acceptors (Lipinski definition) is 3. The van der Waals surface area contributed by atoms with E-state index in [2.05, 4.69) is 13.5 Å². The van der Waals surface area contributed by atoms with Gasteiger partial charge in [0, 0.05) is 0 Å². The Morgan fingerprint density at radius 1 is 0.786 bits per heavy atom. The maximum atomic E-state index is 9.95. The van der Waals surface area contributed by atoms with Gasteiger partial charge in [-0.3, -0.25) is 0 Å². The molecule has 2 atom stereocenters. The lowest BCUT2D eigenvalue weighted by Crippen LogP contribution is -2.06. The first-order chi connectivity index (χ1) is 13.4. The predicted molar refractivity (Wildman–Crippen MR) is 114 cm³/mol. The van der Waals surface area contributed by atoms with Gasteiger partial charge in [0.15, 0.2) is 0 Å². The number of phenolic OH excluding ortho intramolecular Hbond substituents is 3. The first kappa shape index (κ1) is 19.6. The van der Waals surface area contributed by atoms with Crippen LogP contribution < -0.4 is 0 Å². The zero-order chi connectivity index (χ0) is 20.1. The molecule has 3 nitrogen and oxygen atoms in total. The van der Waals surface area contributed by atoms with E-state index in [0.29, 0.717) is 6.42 Å². The molecule has 0 saturated carbocycles. The van der Waals surface area contributed by atoms with Gasteiger partial charge in [-0.15, -0.1) is 0 Å². The highest BCUT2D eigenvalue weighted by molar-refractivity contribution is 5.65. The molecule has 3 heteroatoms. The second kappa shape index (κ2) is 8.66. The Bertz CT molecular complexity index is 961. The van der Waals surface area contributed by atoms with Gasteiger partial charge in [-0.05, 0) is 83.3 Å². The van der Waals surface area contributed by atoms with Crippen LogP contribution in [0.2, 0.25) is 0 Å². The Morgan fingerprint density at radius 2 is 1.32 bits per heavy atom. The topological polar surface area (TPSA) is 60.7 Å². The van der Waals surface area contributed by atoms with Gasteiger partial charge in [-0.1, -0.05) is 49.9 Å². The Hall–Kier alpha value is -3.20. The van der Waals surface area contributed by atoms with Crippen LogP contribution in [0.3, 0.4) is 0 Å². The van der Waals surface area contributed by atoms with Crippen LogP contribution >= 0.6 is 0 Å². The van der Waals surface area contributed by atoms with E-state index in [1.165, 1.54) is 0 Å². The van der Waals surface area contributed by atoms with Crippen LogP contribution in [0.25, 0.3) is 5.57 Å². The maximum absolute atomic E-state index is 9.95. The molecule has 3 rings (SSSR count). The van der Waals surface area contributed by atoms with Crippen LogP contribution in [0.5, 0.6) is 17.2 Å². The van der Waals surface area contributed by atoms with Crippen LogP contribution in [-0.4, -0.2) is 15.3 Å². The maximum Gasteiger partial charge on any atom is 0.116 e. The fourth-order valence-corrected chi connectivity index (χ4v) is 3.65. The van der Waals surface area contributed by atoms with Crippen LogP contribution in [0, 0.1) is 0 Å². The fourth-order valence-electron chi connectivity index (χ4n) is 3.65. The summed E-state index contributed by atoms with van der Waals surface area (Å²) in [5, 5.41) is 29.5. The van der Waals surface area contributed by atoms with Crippen molar-refractivity contribution in [1.29, 1.82) is 0 Å². The van der Waals surface area contributed by atoms with E-state index < -0.39 is 0 Å². The molecule has 0 fully saturated rings. The molecule has 3 aromatic carbocycles. The molecule has 0 aliphatic heterocycles. The van der Waals surface area contributed by atoms with Gasteiger partial charge >= 0.3 is 0 Å². The van der Waals surface area contributed by atoms with Gasteiger partial charge < -0.3 is 15.3 Å². The highest BCUT2D eigenvalue weighted by Gasteiger charge is 2.19. The third kappa shape index (κ3) is 4.95. The third-order valence-corrected chi connectivity index (χ3v) is 5.17. The summed E-state index contributed by atoms with van der Waals surface area (Å²) < 4.78 is 0. The average molecular weight is 374 g/mol. The first-order valence-electron chi connectivity index (χ1n) is 9.47. The predicted octanol–water partition coefficient (Wildman–Crippen LogP) is 6.18. The third-order valence-electron chi connectivity index (χ3n) is 5.17. The lowest BCUT2D eigenvalue weighted by atomic mass is 9.81. The Labute approximate surface area is 166 Å². The van der Waals surface area contributed by atoms with Gasteiger partial charge in [0.05, 0.1) is 0 Å². The fraction of sp³-hybridized carbons (Fsp3) is 0.200. The normalized spacial score (nSPS) is 13.0. The van der Waals surface area contributed by atoms with Crippen LogP contribution in [-0.2, 0) is 0 Å². The number of phenols is 3. The van der Waals surface area contributed by atoms with E-state index in [0.717, 1.165) is 28.7 Å². The van der Waals surface area contributed by atoms with Crippen molar-refractivity contribution in [2.24, 2.45) is 0 Å².